The molecule has 3 rings (SSSR count). The van der Waals surface area contributed by atoms with Crippen LogP contribution < -0.4 is 5.32 Å². The zero-order valence-corrected chi connectivity index (χ0v) is 14.4. The highest BCUT2D eigenvalue weighted by atomic mass is 16.3. The lowest BCUT2D eigenvalue weighted by molar-refractivity contribution is 0.0949. The van der Waals surface area contributed by atoms with Gasteiger partial charge < -0.3 is 10.4 Å². The van der Waals surface area contributed by atoms with Crippen LogP contribution in [0.25, 0.3) is 0 Å². The number of fused-ring (bicyclic) bond motifs is 1. The number of nitrogens with one attached hydrogen (secondary N) is 1. The highest BCUT2D eigenvalue weighted by Gasteiger charge is 2.34. The second-order valence-electron chi connectivity index (χ2n) is 6.39. The lowest BCUT2D eigenvalue weighted by atomic mass is 9.83. The molecule has 0 radical (unpaired) electrons. The van der Waals surface area contributed by atoms with Crippen LogP contribution in [-0.4, -0.2) is 17.6 Å². The molecule has 1 heterocycles. The summed E-state index contributed by atoms with van der Waals surface area (Å²) >= 11 is 0. The Morgan fingerprint density at radius 3 is 2.54 bits per heavy atom. The Balaban J connectivity index is 2.01. The molecule has 0 spiro atoms. The molecule has 0 saturated heterocycles. The number of aryl methyl sites for hydroxylation is 2. The number of rotatable bonds is 6. The minimum atomic E-state index is -0.0713. The molecule has 1 aliphatic rings. The topological polar surface area (TPSA) is 49.3 Å². The van der Waals surface area contributed by atoms with Gasteiger partial charge in [-0.15, -0.1) is 0 Å². The summed E-state index contributed by atoms with van der Waals surface area (Å²) in [6.45, 7) is 4.45. The average molecular weight is 323 g/mol. The van der Waals surface area contributed by atoms with Gasteiger partial charge >= 0.3 is 0 Å². The van der Waals surface area contributed by atoms with E-state index in [1.165, 1.54) is 16.7 Å². The number of carbonyl (C=O) groups excluding carboxylic acids is 1. The number of benzene rings is 2. The van der Waals surface area contributed by atoms with E-state index in [4.69, 9.17) is 0 Å². The fraction of sp³-hybridized carbons (Fsp3) is 0.381. The summed E-state index contributed by atoms with van der Waals surface area (Å²) in [5.74, 6) is 0.0678. The first-order valence-corrected chi connectivity index (χ1v) is 8.81. The summed E-state index contributed by atoms with van der Waals surface area (Å²) in [5, 5.41) is 12.7. The lowest BCUT2D eigenvalue weighted by Gasteiger charge is -2.25. The van der Waals surface area contributed by atoms with Crippen molar-refractivity contribution in [2.45, 2.75) is 45.1 Å². The first-order chi connectivity index (χ1) is 11.7. The first-order valence-electron chi connectivity index (χ1n) is 8.81. The van der Waals surface area contributed by atoms with Crippen LogP contribution in [0.3, 0.4) is 0 Å². The molecule has 0 aromatic heterocycles. The SMILES string of the molecule is CCc1ccc(C(CCO)[C@H]2NC(=O)c3ccccc32)cc1CC. The fourth-order valence-electron chi connectivity index (χ4n) is 3.80. The maximum Gasteiger partial charge on any atom is 0.252 e. The van der Waals surface area contributed by atoms with Crippen molar-refractivity contribution in [2.24, 2.45) is 0 Å². The maximum atomic E-state index is 12.3. The van der Waals surface area contributed by atoms with E-state index >= 15 is 0 Å². The number of amides is 1. The highest BCUT2D eigenvalue weighted by Crippen LogP contribution is 2.39. The minimum Gasteiger partial charge on any atom is -0.396 e. The molecule has 2 aromatic rings. The highest BCUT2D eigenvalue weighted by molar-refractivity contribution is 5.99. The van der Waals surface area contributed by atoms with Crippen LogP contribution in [-0.2, 0) is 12.8 Å². The fourth-order valence-corrected chi connectivity index (χ4v) is 3.80. The van der Waals surface area contributed by atoms with E-state index in [0.717, 1.165) is 24.0 Å². The van der Waals surface area contributed by atoms with Crippen LogP contribution in [0.2, 0.25) is 0 Å². The Kier molecular flexibility index (Phi) is 5.00. The van der Waals surface area contributed by atoms with Crippen molar-refractivity contribution in [1.82, 2.24) is 5.32 Å². The second kappa shape index (κ2) is 7.18. The van der Waals surface area contributed by atoms with E-state index in [1.54, 1.807) is 0 Å². The van der Waals surface area contributed by atoms with Gasteiger partial charge in [0.15, 0.2) is 0 Å². The van der Waals surface area contributed by atoms with Gasteiger partial charge in [0.25, 0.3) is 5.91 Å². The number of hydrogen-bond acceptors (Lipinski definition) is 2. The van der Waals surface area contributed by atoms with Gasteiger partial charge in [0.05, 0.1) is 6.04 Å². The summed E-state index contributed by atoms with van der Waals surface area (Å²) < 4.78 is 0. The molecule has 24 heavy (non-hydrogen) atoms. The first kappa shape index (κ1) is 16.7. The number of aliphatic hydroxyl groups excluding tert-OH is 1. The zero-order chi connectivity index (χ0) is 17.1. The zero-order valence-electron chi connectivity index (χ0n) is 14.4. The maximum absolute atomic E-state index is 12.3. The summed E-state index contributed by atoms with van der Waals surface area (Å²) in [5.41, 5.74) is 5.72. The van der Waals surface area contributed by atoms with Gasteiger partial charge in [-0.2, -0.15) is 0 Å². The number of carbonyl (C=O) groups is 1. The molecule has 1 unspecified atom stereocenters. The smallest absolute Gasteiger partial charge is 0.252 e. The van der Waals surface area contributed by atoms with Gasteiger partial charge in [-0.25, -0.2) is 0 Å². The quantitative estimate of drug-likeness (QED) is 0.850. The standard InChI is InChI=1S/C21H25NO2/c1-3-14-9-10-16(13-15(14)4-2)17(11-12-23)20-18-7-5-6-8-19(18)21(24)22-20/h5-10,13,17,20,23H,3-4,11-12H2,1-2H3,(H,22,24)/t17?,20-/m1/s1. The van der Waals surface area contributed by atoms with E-state index in [1.807, 2.05) is 24.3 Å². The van der Waals surface area contributed by atoms with E-state index in [0.29, 0.717) is 6.42 Å². The normalized spacial score (nSPS) is 17.5. The third-order valence-electron chi connectivity index (χ3n) is 5.09. The third kappa shape index (κ3) is 2.96. The van der Waals surface area contributed by atoms with Gasteiger partial charge in [0.1, 0.15) is 0 Å². The Labute approximate surface area is 143 Å². The molecule has 2 N–H and O–H groups in total. The van der Waals surface area contributed by atoms with Crippen molar-refractivity contribution >= 4 is 5.91 Å². The minimum absolute atomic E-state index is 0.0144. The Bertz CT molecular complexity index is 738. The van der Waals surface area contributed by atoms with E-state index in [2.05, 4.69) is 37.4 Å². The van der Waals surface area contributed by atoms with Crippen molar-refractivity contribution in [3.05, 3.63) is 70.3 Å². The molecule has 1 amide bonds. The second-order valence-corrected chi connectivity index (χ2v) is 6.39. The van der Waals surface area contributed by atoms with Crippen LogP contribution in [0.4, 0.5) is 0 Å². The average Bonchev–Trinajstić information content (AvgIpc) is 2.96. The van der Waals surface area contributed by atoms with Gasteiger partial charge in [0.2, 0.25) is 0 Å². The van der Waals surface area contributed by atoms with Crippen LogP contribution in [0.15, 0.2) is 42.5 Å². The summed E-state index contributed by atoms with van der Waals surface area (Å²) in [6.07, 6.45) is 2.65. The van der Waals surface area contributed by atoms with Gasteiger partial charge in [-0.3, -0.25) is 4.79 Å². The molecule has 3 heteroatoms. The molecule has 3 nitrogen and oxygen atoms in total. The largest absolute Gasteiger partial charge is 0.396 e. The van der Waals surface area contributed by atoms with E-state index < -0.39 is 0 Å². The van der Waals surface area contributed by atoms with Crippen LogP contribution in [0.5, 0.6) is 0 Å². The van der Waals surface area contributed by atoms with Gasteiger partial charge in [0, 0.05) is 18.1 Å². The molecule has 126 valence electrons. The molecule has 1 aliphatic heterocycles. The van der Waals surface area contributed by atoms with E-state index in [9.17, 15) is 9.90 Å². The van der Waals surface area contributed by atoms with Crippen molar-refractivity contribution in [3.63, 3.8) is 0 Å². The summed E-state index contributed by atoms with van der Waals surface area (Å²) in [7, 11) is 0. The predicted molar refractivity (Wildman–Crippen MR) is 96.3 cm³/mol. The third-order valence-corrected chi connectivity index (χ3v) is 5.09. The molecule has 2 aromatic carbocycles. The molecule has 0 saturated carbocycles. The number of hydrogen-bond donors (Lipinski definition) is 2. The van der Waals surface area contributed by atoms with Gasteiger partial charge in [-0.05, 0) is 47.6 Å². The Morgan fingerprint density at radius 2 is 1.83 bits per heavy atom. The molecular weight excluding hydrogens is 298 g/mol. The molecular formula is C21H25NO2. The van der Waals surface area contributed by atoms with Crippen LogP contribution in [0, 0.1) is 0 Å². The Hall–Kier alpha value is -2.13. The van der Waals surface area contributed by atoms with Crippen LogP contribution >= 0.6 is 0 Å². The summed E-state index contributed by atoms with van der Waals surface area (Å²) in [6, 6.07) is 14.3. The van der Waals surface area contributed by atoms with Crippen molar-refractivity contribution in [3.8, 4) is 0 Å². The predicted octanol–water partition coefficient (Wildman–Crippen LogP) is 3.76. The Morgan fingerprint density at radius 1 is 1.08 bits per heavy atom. The van der Waals surface area contributed by atoms with Crippen molar-refractivity contribution < 1.29 is 9.90 Å². The molecule has 0 fully saturated rings. The molecule has 0 aliphatic carbocycles. The van der Waals surface area contributed by atoms with Crippen molar-refractivity contribution in [2.75, 3.05) is 6.61 Å². The van der Waals surface area contributed by atoms with Crippen LogP contribution in [0.1, 0.15) is 64.8 Å². The monoisotopic (exact) mass is 323 g/mol. The summed E-state index contributed by atoms with van der Waals surface area (Å²) in [4.78, 5) is 12.3. The molecule has 0 bridgehead atoms. The lowest BCUT2D eigenvalue weighted by Crippen LogP contribution is -2.25. The molecule has 2 atom stereocenters. The van der Waals surface area contributed by atoms with E-state index in [-0.39, 0.29) is 24.5 Å². The van der Waals surface area contributed by atoms with Gasteiger partial charge in [-0.1, -0.05) is 50.2 Å². The number of aliphatic hydroxyl groups is 1. The van der Waals surface area contributed by atoms with Crippen molar-refractivity contribution in [1.29, 1.82) is 0 Å².